The molecule has 0 spiro atoms. The highest BCUT2D eigenvalue weighted by Crippen LogP contribution is 2.30. The maximum atomic E-state index is 11.7. The van der Waals surface area contributed by atoms with Crippen LogP contribution in [0.3, 0.4) is 0 Å². The van der Waals surface area contributed by atoms with Crippen molar-refractivity contribution in [2.24, 2.45) is 0 Å². The van der Waals surface area contributed by atoms with Gasteiger partial charge in [0.2, 0.25) is 0 Å². The average molecular weight is 488 g/mol. The number of aryl methyl sites for hydroxylation is 1. The number of anilines is 1. The largest absolute Gasteiger partial charge is 0.489 e. The molecule has 1 saturated heterocycles. The number of carbonyl (C=O) groups excluding carboxylic acids is 1. The number of hydrogen-bond donors (Lipinski definition) is 0. The molecule has 34 heavy (non-hydrogen) atoms. The van der Waals surface area contributed by atoms with Crippen LogP contribution in [0.15, 0.2) is 35.5 Å². The maximum Gasteiger partial charge on any atom is 0.192 e. The summed E-state index contributed by atoms with van der Waals surface area (Å²) in [5.74, 6) is 1.59. The predicted octanol–water partition coefficient (Wildman–Crippen LogP) is 3.77. The molecule has 8 nitrogen and oxygen atoms in total. The van der Waals surface area contributed by atoms with E-state index in [9.17, 15) is 13.2 Å². The van der Waals surface area contributed by atoms with Gasteiger partial charge in [-0.1, -0.05) is 0 Å². The second-order valence-electron chi connectivity index (χ2n) is 9.31. The number of hydrogen-bond acceptors (Lipinski definition) is 8. The van der Waals surface area contributed by atoms with Crippen LogP contribution in [0.1, 0.15) is 61.5 Å². The third-order valence-electron chi connectivity index (χ3n) is 6.61. The van der Waals surface area contributed by atoms with Gasteiger partial charge in [-0.05, 0) is 76.6 Å². The number of aromatic nitrogens is 2. The van der Waals surface area contributed by atoms with E-state index < -0.39 is 9.84 Å². The van der Waals surface area contributed by atoms with Gasteiger partial charge in [-0.15, -0.1) is 0 Å². The first kappa shape index (κ1) is 24.6. The quantitative estimate of drug-likeness (QED) is 0.545. The van der Waals surface area contributed by atoms with Crippen molar-refractivity contribution in [3.63, 3.8) is 0 Å². The van der Waals surface area contributed by atoms with E-state index in [1.54, 1.807) is 26.1 Å². The molecule has 0 unspecified atom stereocenters. The summed E-state index contributed by atoms with van der Waals surface area (Å²) >= 11 is 0. The Labute approximate surface area is 201 Å². The van der Waals surface area contributed by atoms with E-state index in [1.165, 1.54) is 6.07 Å². The van der Waals surface area contributed by atoms with Crippen molar-refractivity contribution in [3.05, 3.63) is 41.7 Å². The molecule has 1 saturated carbocycles. The standard InChI is InChI=1S/C25H33N3O5S/c1-17-23(9-11-25(27-17)34(3,30)31)33-21-7-5-20(6-8-21)32-22-12-14-28(15-13-22)24-10-4-19(16-26-24)18(2)29/h4,9-11,16,20-22H,5-8,12-15H2,1-3H3/t20-,21-. The molecule has 4 rings (SSSR count). The Bertz CT molecular complexity index is 1100. The van der Waals surface area contributed by atoms with Crippen LogP contribution < -0.4 is 9.64 Å². The van der Waals surface area contributed by atoms with Gasteiger partial charge in [-0.2, -0.15) is 0 Å². The number of rotatable bonds is 7. The van der Waals surface area contributed by atoms with E-state index in [2.05, 4.69) is 14.9 Å². The first-order valence-electron chi connectivity index (χ1n) is 11.9. The first-order valence-corrected chi connectivity index (χ1v) is 13.8. The number of piperidine rings is 1. The lowest BCUT2D eigenvalue weighted by atomic mass is 9.94. The SMILES string of the molecule is CC(=O)c1ccc(N2CCC(O[C@H]3CC[C@H](Oc4ccc(S(C)(=O)=O)nc4C)CC3)CC2)nc1. The molecule has 0 aromatic carbocycles. The number of Topliss-reactive ketones (excluding diaryl/α,β-unsaturated/α-hetero) is 1. The van der Waals surface area contributed by atoms with Crippen LogP contribution in [-0.2, 0) is 14.6 Å². The molecule has 0 radical (unpaired) electrons. The third kappa shape index (κ3) is 6.13. The van der Waals surface area contributed by atoms with Crippen molar-refractivity contribution >= 4 is 21.4 Å². The molecule has 0 atom stereocenters. The normalized spacial score (nSPS) is 21.9. The molecule has 9 heteroatoms. The molecule has 2 fully saturated rings. The van der Waals surface area contributed by atoms with Crippen LogP contribution >= 0.6 is 0 Å². The Balaban J connectivity index is 1.21. The van der Waals surface area contributed by atoms with E-state index in [1.807, 2.05) is 12.1 Å². The highest BCUT2D eigenvalue weighted by atomic mass is 32.2. The van der Waals surface area contributed by atoms with E-state index >= 15 is 0 Å². The molecule has 1 aliphatic carbocycles. The van der Waals surface area contributed by atoms with Crippen LogP contribution in [0.4, 0.5) is 5.82 Å². The summed E-state index contributed by atoms with van der Waals surface area (Å²) in [5.41, 5.74) is 1.23. The smallest absolute Gasteiger partial charge is 0.192 e. The first-order chi connectivity index (χ1) is 16.2. The zero-order valence-corrected chi connectivity index (χ0v) is 20.9. The van der Waals surface area contributed by atoms with Gasteiger partial charge in [-0.3, -0.25) is 4.79 Å². The molecule has 1 aliphatic heterocycles. The van der Waals surface area contributed by atoms with E-state index in [4.69, 9.17) is 9.47 Å². The number of ether oxygens (including phenoxy) is 2. The molecule has 184 valence electrons. The van der Waals surface area contributed by atoms with Gasteiger partial charge >= 0.3 is 0 Å². The van der Waals surface area contributed by atoms with Crippen LogP contribution in [-0.4, -0.2) is 61.8 Å². The fourth-order valence-electron chi connectivity index (χ4n) is 4.60. The zero-order chi connectivity index (χ0) is 24.3. The van der Waals surface area contributed by atoms with Crippen LogP contribution in [0, 0.1) is 6.92 Å². The summed E-state index contributed by atoms with van der Waals surface area (Å²) in [6, 6.07) is 6.97. The van der Waals surface area contributed by atoms with Gasteiger partial charge < -0.3 is 14.4 Å². The predicted molar refractivity (Wildman–Crippen MR) is 129 cm³/mol. The van der Waals surface area contributed by atoms with E-state index in [-0.39, 0.29) is 29.1 Å². The summed E-state index contributed by atoms with van der Waals surface area (Å²) in [6.45, 7) is 5.12. The van der Waals surface area contributed by atoms with Crippen LogP contribution in [0.25, 0.3) is 0 Å². The van der Waals surface area contributed by atoms with Gasteiger partial charge in [0, 0.05) is 31.1 Å². The highest BCUT2D eigenvalue weighted by molar-refractivity contribution is 7.90. The topological polar surface area (TPSA) is 98.7 Å². The molecule has 0 N–H and O–H groups in total. The number of ketones is 1. The minimum atomic E-state index is -3.32. The second-order valence-corrected chi connectivity index (χ2v) is 11.3. The Morgan fingerprint density at radius 3 is 2.18 bits per heavy atom. The lowest BCUT2D eigenvalue weighted by molar-refractivity contribution is -0.0528. The Morgan fingerprint density at radius 2 is 1.62 bits per heavy atom. The molecule has 3 heterocycles. The lowest BCUT2D eigenvalue weighted by Gasteiger charge is -2.36. The summed E-state index contributed by atoms with van der Waals surface area (Å²) in [4.78, 5) is 22.3. The molecular weight excluding hydrogens is 454 g/mol. The monoisotopic (exact) mass is 487 g/mol. The van der Waals surface area contributed by atoms with Gasteiger partial charge in [0.05, 0.1) is 24.0 Å². The Morgan fingerprint density at radius 1 is 0.971 bits per heavy atom. The third-order valence-corrected chi connectivity index (χ3v) is 7.60. The Kier molecular flexibility index (Phi) is 7.52. The summed E-state index contributed by atoms with van der Waals surface area (Å²) < 4.78 is 35.9. The van der Waals surface area contributed by atoms with Gasteiger partial charge in [0.1, 0.15) is 11.6 Å². The second kappa shape index (κ2) is 10.4. The minimum absolute atomic E-state index is 0.0305. The van der Waals surface area contributed by atoms with Gasteiger partial charge in [0.25, 0.3) is 0 Å². The molecular formula is C25H33N3O5S. The molecule has 0 amide bonds. The fraction of sp³-hybridized carbons (Fsp3) is 0.560. The average Bonchev–Trinajstić information content (AvgIpc) is 2.81. The lowest BCUT2D eigenvalue weighted by Crippen LogP contribution is -2.40. The van der Waals surface area contributed by atoms with Crippen molar-refractivity contribution in [2.75, 3.05) is 24.2 Å². The van der Waals surface area contributed by atoms with Crippen molar-refractivity contribution in [3.8, 4) is 5.75 Å². The number of sulfone groups is 1. The summed E-state index contributed by atoms with van der Waals surface area (Å²) in [7, 11) is -3.32. The van der Waals surface area contributed by atoms with Crippen molar-refractivity contribution in [1.29, 1.82) is 0 Å². The summed E-state index contributed by atoms with van der Waals surface area (Å²) in [6.07, 6.45) is 9.04. The van der Waals surface area contributed by atoms with Gasteiger partial charge in [0.15, 0.2) is 20.6 Å². The minimum Gasteiger partial charge on any atom is -0.489 e. The highest BCUT2D eigenvalue weighted by Gasteiger charge is 2.28. The van der Waals surface area contributed by atoms with Crippen LogP contribution in [0.2, 0.25) is 0 Å². The van der Waals surface area contributed by atoms with Gasteiger partial charge in [-0.25, -0.2) is 18.4 Å². The molecule has 2 aliphatic rings. The number of carbonyl (C=O) groups is 1. The van der Waals surface area contributed by atoms with Crippen LogP contribution in [0.5, 0.6) is 5.75 Å². The zero-order valence-electron chi connectivity index (χ0n) is 20.1. The molecule has 2 aromatic heterocycles. The van der Waals surface area contributed by atoms with E-state index in [0.717, 1.165) is 63.7 Å². The fourth-order valence-corrected chi connectivity index (χ4v) is 5.21. The summed E-state index contributed by atoms with van der Waals surface area (Å²) in [5, 5.41) is 0.0735. The van der Waals surface area contributed by atoms with E-state index in [0.29, 0.717) is 17.0 Å². The van der Waals surface area contributed by atoms with Crippen molar-refractivity contribution in [1.82, 2.24) is 9.97 Å². The van der Waals surface area contributed by atoms with Crippen molar-refractivity contribution in [2.45, 2.75) is 75.7 Å². The maximum absolute atomic E-state index is 11.7. The number of pyridine rings is 2. The van der Waals surface area contributed by atoms with Crippen molar-refractivity contribution < 1.29 is 22.7 Å². The number of nitrogens with zero attached hydrogens (tertiary/aromatic N) is 3. The Hall–Kier alpha value is -2.52. The molecule has 0 bridgehead atoms. The molecule has 2 aromatic rings.